The van der Waals surface area contributed by atoms with Crippen molar-refractivity contribution in [3.8, 4) is 5.75 Å². The Bertz CT molecular complexity index is 526. The Morgan fingerprint density at radius 3 is 2.24 bits per heavy atom. The van der Waals surface area contributed by atoms with E-state index in [4.69, 9.17) is 4.74 Å². The monoisotopic (exact) mass is 284 g/mol. The molecule has 0 saturated carbocycles. The Hall–Kier alpha value is -2.16. The van der Waals surface area contributed by atoms with Gasteiger partial charge in [-0.2, -0.15) is 0 Å². The van der Waals surface area contributed by atoms with Gasteiger partial charge in [-0.15, -0.1) is 0 Å². The third-order valence-corrected chi connectivity index (χ3v) is 2.97. The van der Waals surface area contributed by atoms with E-state index in [9.17, 15) is 0 Å². The van der Waals surface area contributed by atoms with Crippen molar-refractivity contribution in [2.45, 2.75) is 13.8 Å². The second-order valence-electron chi connectivity index (χ2n) is 5.45. The molecule has 3 nitrogen and oxygen atoms in total. The van der Waals surface area contributed by atoms with E-state index in [2.05, 4.69) is 42.7 Å². The molecule has 112 valence electrons. The van der Waals surface area contributed by atoms with Gasteiger partial charge in [0.05, 0.1) is 6.61 Å². The molecule has 0 spiro atoms. The molecule has 3 heteroatoms. The van der Waals surface area contributed by atoms with Crippen LogP contribution in [0.2, 0.25) is 0 Å². The van der Waals surface area contributed by atoms with Crippen LogP contribution >= 0.6 is 0 Å². The van der Waals surface area contributed by atoms with Crippen LogP contribution < -0.4 is 15.4 Å². The molecular weight excluding hydrogens is 260 g/mol. The number of ether oxygens (including phenoxy) is 1. The summed E-state index contributed by atoms with van der Waals surface area (Å²) in [5.74, 6) is 1.46. The molecule has 2 N–H and O–H groups in total. The van der Waals surface area contributed by atoms with Crippen molar-refractivity contribution in [3.05, 3.63) is 54.6 Å². The minimum Gasteiger partial charge on any atom is -0.493 e. The molecule has 0 atom stereocenters. The highest BCUT2D eigenvalue weighted by atomic mass is 16.5. The third kappa shape index (κ3) is 5.78. The lowest BCUT2D eigenvalue weighted by molar-refractivity contribution is 0.271. The van der Waals surface area contributed by atoms with Crippen molar-refractivity contribution in [3.63, 3.8) is 0 Å². The predicted molar refractivity (Wildman–Crippen MR) is 90.2 cm³/mol. The summed E-state index contributed by atoms with van der Waals surface area (Å²) in [7, 11) is 0. The lowest BCUT2D eigenvalue weighted by Crippen LogP contribution is -2.13. The van der Waals surface area contributed by atoms with E-state index in [1.54, 1.807) is 0 Å². The number of hydrogen-bond donors (Lipinski definition) is 2. The van der Waals surface area contributed by atoms with Crippen molar-refractivity contribution in [1.82, 2.24) is 0 Å². The van der Waals surface area contributed by atoms with E-state index in [0.29, 0.717) is 5.92 Å². The van der Waals surface area contributed by atoms with Gasteiger partial charge < -0.3 is 15.4 Å². The number of para-hydroxylation sites is 1. The van der Waals surface area contributed by atoms with Crippen LogP contribution in [0.5, 0.6) is 5.75 Å². The first kappa shape index (κ1) is 15.2. The van der Waals surface area contributed by atoms with Crippen molar-refractivity contribution in [2.24, 2.45) is 5.92 Å². The van der Waals surface area contributed by atoms with Gasteiger partial charge in [-0.3, -0.25) is 0 Å². The molecule has 2 aromatic rings. The fourth-order valence-electron chi connectivity index (χ4n) is 1.93. The molecule has 0 aromatic heterocycles. The van der Waals surface area contributed by atoms with Gasteiger partial charge in [0.15, 0.2) is 0 Å². The first-order valence-electron chi connectivity index (χ1n) is 7.49. The van der Waals surface area contributed by atoms with Crippen LogP contribution in [0.15, 0.2) is 54.6 Å². The fraction of sp³-hybridized carbons (Fsp3) is 0.333. The van der Waals surface area contributed by atoms with Crippen LogP contribution in [0.4, 0.5) is 11.4 Å². The molecule has 0 fully saturated rings. The van der Waals surface area contributed by atoms with Crippen LogP contribution in [0, 0.1) is 5.92 Å². The molecule has 0 aliphatic heterocycles. The number of anilines is 2. The van der Waals surface area contributed by atoms with Crippen molar-refractivity contribution in [1.29, 1.82) is 0 Å². The molecule has 0 unspecified atom stereocenters. The van der Waals surface area contributed by atoms with Gasteiger partial charge >= 0.3 is 0 Å². The summed E-state index contributed by atoms with van der Waals surface area (Å²) >= 11 is 0. The van der Waals surface area contributed by atoms with Gasteiger partial charge in [0, 0.05) is 30.5 Å². The van der Waals surface area contributed by atoms with E-state index >= 15 is 0 Å². The van der Waals surface area contributed by atoms with Gasteiger partial charge in [-0.1, -0.05) is 38.1 Å². The van der Waals surface area contributed by atoms with Gasteiger partial charge in [0.25, 0.3) is 0 Å². The maximum Gasteiger partial charge on any atom is 0.121 e. The highest BCUT2D eigenvalue weighted by Crippen LogP contribution is 2.17. The van der Waals surface area contributed by atoms with E-state index in [-0.39, 0.29) is 0 Å². The standard InChI is InChI=1S/C18H24N2O/c1-15(2)14-21-18-10-6-9-17(13-18)20-12-11-19-16-7-4-3-5-8-16/h3-10,13,15,19-20H,11-12,14H2,1-2H3. The van der Waals surface area contributed by atoms with E-state index in [0.717, 1.165) is 36.8 Å². The molecule has 0 bridgehead atoms. The molecule has 2 rings (SSSR count). The van der Waals surface area contributed by atoms with Gasteiger partial charge in [0.1, 0.15) is 5.75 Å². The van der Waals surface area contributed by atoms with Crippen LogP contribution in [-0.4, -0.2) is 19.7 Å². The molecule has 2 aromatic carbocycles. The normalized spacial score (nSPS) is 10.4. The maximum atomic E-state index is 5.73. The highest BCUT2D eigenvalue weighted by Gasteiger charge is 1.99. The molecule has 0 aliphatic rings. The summed E-state index contributed by atoms with van der Waals surface area (Å²) in [5.41, 5.74) is 2.24. The lowest BCUT2D eigenvalue weighted by atomic mass is 10.2. The van der Waals surface area contributed by atoms with Gasteiger partial charge in [0.2, 0.25) is 0 Å². The van der Waals surface area contributed by atoms with Crippen LogP contribution in [-0.2, 0) is 0 Å². The minimum atomic E-state index is 0.539. The van der Waals surface area contributed by atoms with E-state index in [1.165, 1.54) is 0 Å². The lowest BCUT2D eigenvalue weighted by Gasteiger charge is -2.12. The Balaban J connectivity index is 1.74. The summed E-state index contributed by atoms with van der Waals surface area (Å²) in [6, 6.07) is 18.3. The second kappa shape index (κ2) is 8.20. The first-order valence-corrected chi connectivity index (χ1v) is 7.49. The summed E-state index contributed by atoms with van der Waals surface area (Å²) in [6.07, 6.45) is 0. The summed E-state index contributed by atoms with van der Waals surface area (Å²) in [6.45, 7) is 6.79. The zero-order valence-electron chi connectivity index (χ0n) is 12.8. The Morgan fingerprint density at radius 2 is 1.52 bits per heavy atom. The molecular formula is C18H24N2O. The zero-order valence-corrected chi connectivity index (χ0v) is 12.8. The summed E-state index contributed by atoms with van der Waals surface area (Å²) in [5, 5.41) is 6.78. The number of hydrogen-bond acceptors (Lipinski definition) is 3. The quantitative estimate of drug-likeness (QED) is 0.711. The molecule has 0 radical (unpaired) electrons. The smallest absolute Gasteiger partial charge is 0.121 e. The maximum absolute atomic E-state index is 5.73. The Morgan fingerprint density at radius 1 is 0.857 bits per heavy atom. The van der Waals surface area contributed by atoms with Crippen LogP contribution in [0.1, 0.15) is 13.8 Å². The number of benzene rings is 2. The fourth-order valence-corrected chi connectivity index (χ4v) is 1.93. The van der Waals surface area contributed by atoms with Gasteiger partial charge in [-0.05, 0) is 30.2 Å². The van der Waals surface area contributed by atoms with Crippen molar-refractivity contribution >= 4 is 11.4 Å². The molecule has 0 amide bonds. The Labute approximate surface area is 127 Å². The average Bonchev–Trinajstić information content (AvgIpc) is 2.51. The van der Waals surface area contributed by atoms with Gasteiger partial charge in [-0.25, -0.2) is 0 Å². The van der Waals surface area contributed by atoms with E-state index in [1.807, 2.05) is 36.4 Å². The van der Waals surface area contributed by atoms with Crippen molar-refractivity contribution in [2.75, 3.05) is 30.3 Å². The SMILES string of the molecule is CC(C)COc1cccc(NCCNc2ccccc2)c1. The minimum absolute atomic E-state index is 0.539. The summed E-state index contributed by atoms with van der Waals surface area (Å²) < 4.78 is 5.73. The molecule has 0 aliphatic carbocycles. The van der Waals surface area contributed by atoms with E-state index < -0.39 is 0 Å². The molecule has 0 saturated heterocycles. The highest BCUT2D eigenvalue weighted by molar-refractivity contribution is 5.48. The first-order chi connectivity index (χ1) is 10.2. The Kier molecular flexibility index (Phi) is 5.95. The van der Waals surface area contributed by atoms with Crippen molar-refractivity contribution < 1.29 is 4.74 Å². The third-order valence-electron chi connectivity index (χ3n) is 2.97. The topological polar surface area (TPSA) is 33.3 Å². The summed E-state index contributed by atoms with van der Waals surface area (Å²) in [4.78, 5) is 0. The molecule has 21 heavy (non-hydrogen) atoms. The largest absolute Gasteiger partial charge is 0.493 e. The van der Waals surface area contributed by atoms with Crippen LogP contribution in [0.3, 0.4) is 0 Å². The number of nitrogens with one attached hydrogen (secondary N) is 2. The average molecular weight is 284 g/mol. The second-order valence-corrected chi connectivity index (χ2v) is 5.45. The number of rotatable bonds is 8. The zero-order chi connectivity index (χ0) is 14.9. The molecule has 0 heterocycles. The predicted octanol–water partition coefficient (Wildman–Crippen LogP) is 4.25. The van der Waals surface area contributed by atoms with Crippen LogP contribution in [0.25, 0.3) is 0 Å².